The van der Waals surface area contributed by atoms with Crippen LogP contribution in [0.15, 0.2) is 12.7 Å². The largest absolute Gasteiger partial charge is 0.451 e. The van der Waals surface area contributed by atoms with Gasteiger partial charge in [-0.15, -0.1) is 0 Å². The average Bonchev–Trinajstić information content (AvgIpc) is 2.84. The van der Waals surface area contributed by atoms with Crippen LogP contribution in [0.1, 0.15) is 12.8 Å². The lowest BCUT2D eigenvalue weighted by atomic mass is 9.76. The molecule has 1 aliphatic carbocycles. The summed E-state index contributed by atoms with van der Waals surface area (Å²) in [5.41, 5.74) is -1.89. The molecule has 0 N–H and O–H groups in total. The fourth-order valence-electron chi connectivity index (χ4n) is 2.62. The second-order valence-corrected chi connectivity index (χ2v) is 4.93. The predicted octanol–water partition coefficient (Wildman–Crippen LogP) is 0.350. The van der Waals surface area contributed by atoms with Crippen molar-refractivity contribution in [1.82, 2.24) is 0 Å². The van der Waals surface area contributed by atoms with Gasteiger partial charge in [-0.1, -0.05) is 6.58 Å². The maximum absolute atomic E-state index is 11.8. The third-order valence-corrected chi connectivity index (χ3v) is 3.68. The van der Waals surface area contributed by atoms with Crippen molar-refractivity contribution in [2.24, 2.45) is 11.8 Å². The summed E-state index contributed by atoms with van der Waals surface area (Å²) in [6, 6.07) is 1.90. The maximum atomic E-state index is 11.8. The molecule has 2 rings (SSSR count). The molecule has 2 bridgehead atoms. The second kappa shape index (κ2) is 5.86. The Morgan fingerprint density at radius 3 is 2.91 bits per heavy atom. The third-order valence-electron chi connectivity index (χ3n) is 3.68. The smallest absolute Gasteiger partial charge is 0.430 e. The van der Waals surface area contributed by atoms with Crippen molar-refractivity contribution in [2.45, 2.75) is 24.7 Å². The highest BCUT2D eigenvalue weighted by molar-refractivity contribution is 5.84. The number of rotatable bonds is 4. The number of esters is 3. The van der Waals surface area contributed by atoms with E-state index in [0.29, 0.717) is 0 Å². The third kappa shape index (κ3) is 2.51. The van der Waals surface area contributed by atoms with Crippen molar-refractivity contribution in [1.29, 1.82) is 5.26 Å². The zero-order valence-corrected chi connectivity index (χ0v) is 11.5. The van der Waals surface area contributed by atoms with Crippen LogP contribution < -0.4 is 0 Å². The van der Waals surface area contributed by atoms with Gasteiger partial charge in [0.15, 0.2) is 12.5 Å². The molecule has 0 aromatic carbocycles. The van der Waals surface area contributed by atoms with Gasteiger partial charge in [0.25, 0.3) is 0 Å². The van der Waals surface area contributed by atoms with Gasteiger partial charge in [0, 0.05) is 12.5 Å². The Labute approximate surface area is 126 Å². The quantitative estimate of drug-likeness (QED) is 0.319. The first kappa shape index (κ1) is 15.5. The zero-order chi connectivity index (χ0) is 16.3. The average molecular weight is 304 g/mol. The van der Waals surface area contributed by atoms with Gasteiger partial charge in [-0.25, -0.2) is 16.2 Å². The lowest BCUT2D eigenvalue weighted by molar-refractivity contribution is -0.182. The highest BCUT2D eigenvalue weighted by atomic mass is 16.6. The molecule has 0 spiro atoms. The van der Waals surface area contributed by atoms with Crippen molar-refractivity contribution in [2.75, 3.05) is 6.61 Å². The van der Waals surface area contributed by atoms with E-state index in [1.807, 2.05) is 6.07 Å². The molecule has 2 aliphatic rings. The lowest BCUT2D eigenvalue weighted by Crippen LogP contribution is -2.52. The zero-order valence-electron chi connectivity index (χ0n) is 11.5. The van der Waals surface area contributed by atoms with Gasteiger partial charge in [0.05, 0.1) is 12.0 Å². The van der Waals surface area contributed by atoms with E-state index in [2.05, 4.69) is 16.2 Å². The number of carbonyl (C=O) groups is 3. The Balaban J connectivity index is 2.16. The van der Waals surface area contributed by atoms with Crippen LogP contribution >= 0.6 is 0 Å². The van der Waals surface area contributed by atoms with Crippen LogP contribution in [0.25, 0.3) is 4.85 Å². The van der Waals surface area contributed by atoms with Crippen LogP contribution in [0.4, 0.5) is 0 Å². The standard InChI is InChI=1S/C14H12N2O6/c1-3-11(17)20-7-12(18)22-14(16-2)9(6-15)4-8-5-10(14)21-13(8)19/h3,8-10H,1,4-5,7H2. The molecule has 2 fully saturated rings. The number of nitrogens with zero attached hydrogens (tertiary/aromatic N) is 2. The summed E-state index contributed by atoms with van der Waals surface area (Å²) in [7, 11) is 0. The van der Waals surface area contributed by atoms with Crippen LogP contribution in [-0.2, 0) is 28.6 Å². The van der Waals surface area contributed by atoms with Gasteiger partial charge >= 0.3 is 23.6 Å². The molecule has 1 heterocycles. The number of nitriles is 1. The summed E-state index contributed by atoms with van der Waals surface area (Å²) in [6.07, 6.45) is 0.201. The molecule has 0 radical (unpaired) electrons. The number of carbonyl (C=O) groups excluding carboxylic acids is 3. The van der Waals surface area contributed by atoms with Crippen molar-refractivity contribution in [3.63, 3.8) is 0 Å². The Morgan fingerprint density at radius 1 is 1.59 bits per heavy atom. The Kier molecular flexibility index (Phi) is 4.13. The molecule has 1 aliphatic heterocycles. The molecule has 4 atom stereocenters. The normalized spacial score (nSPS) is 32.1. The Bertz CT molecular complexity index is 616. The molecule has 0 amide bonds. The summed E-state index contributed by atoms with van der Waals surface area (Å²) in [5, 5.41) is 9.23. The summed E-state index contributed by atoms with van der Waals surface area (Å²) < 4.78 is 14.7. The number of hydrogen-bond donors (Lipinski definition) is 0. The molecule has 1 saturated carbocycles. The van der Waals surface area contributed by atoms with E-state index in [1.54, 1.807) is 0 Å². The molecule has 0 aromatic heterocycles. The molecular weight excluding hydrogens is 292 g/mol. The van der Waals surface area contributed by atoms with Crippen LogP contribution in [0.5, 0.6) is 0 Å². The number of fused-ring (bicyclic) bond motifs is 2. The van der Waals surface area contributed by atoms with E-state index in [4.69, 9.17) is 16.0 Å². The van der Waals surface area contributed by atoms with Gasteiger partial charge in [0.2, 0.25) is 6.10 Å². The summed E-state index contributed by atoms with van der Waals surface area (Å²) >= 11 is 0. The van der Waals surface area contributed by atoms with Gasteiger partial charge in [-0.2, -0.15) is 5.26 Å². The summed E-state index contributed by atoms with van der Waals surface area (Å²) in [5.74, 6) is -3.75. The second-order valence-electron chi connectivity index (χ2n) is 4.93. The van der Waals surface area contributed by atoms with Crippen molar-refractivity contribution in [3.8, 4) is 6.07 Å². The van der Waals surface area contributed by atoms with E-state index in [1.165, 1.54) is 0 Å². The lowest BCUT2D eigenvalue weighted by Gasteiger charge is -2.31. The fraction of sp³-hybridized carbons (Fsp3) is 0.500. The maximum Gasteiger partial charge on any atom is 0.430 e. The first-order valence-corrected chi connectivity index (χ1v) is 6.46. The minimum absolute atomic E-state index is 0.0912. The van der Waals surface area contributed by atoms with Gasteiger partial charge in [-0.3, -0.25) is 9.64 Å². The summed E-state index contributed by atoms with van der Waals surface area (Å²) in [4.78, 5) is 37.6. The molecule has 8 heteroatoms. The monoisotopic (exact) mass is 304 g/mol. The molecule has 114 valence electrons. The highest BCUT2D eigenvalue weighted by Gasteiger charge is 2.67. The molecule has 4 unspecified atom stereocenters. The van der Waals surface area contributed by atoms with Crippen LogP contribution in [-0.4, -0.2) is 36.3 Å². The highest BCUT2D eigenvalue weighted by Crippen LogP contribution is 2.47. The van der Waals surface area contributed by atoms with Crippen LogP contribution in [0.2, 0.25) is 0 Å². The van der Waals surface area contributed by atoms with E-state index < -0.39 is 48.2 Å². The fourth-order valence-corrected chi connectivity index (χ4v) is 2.62. The number of ether oxygens (including phenoxy) is 3. The van der Waals surface area contributed by atoms with Crippen LogP contribution in [0.3, 0.4) is 0 Å². The molecule has 22 heavy (non-hydrogen) atoms. The SMILES string of the molecule is [C-]#[N+]C1(OC(=O)COC(=O)C=C)C(C#N)CC2CC1OC2=O. The summed E-state index contributed by atoms with van der Waals surface area (Å²) in [6.45, 7) is 9.78. The van der Waals surface area contributed by atoms with Gasteiger partial charge in [0.1, 0.15) is 0 Å². The predicted molar refractivity (Wildman–Crippen MR) is 68.3 cm³/mol. The van der Waals surface area contributed by atoms with Crippen LogP contribution in [0, 0.1) is 29.7 Å². The Morgan fingerprint density at radius 2 is 2.32 bits per heavy atom. The molecule has 0 aromatic rings. The van der Waals surface area contributed by atoms with Crippen molar-refractivity contribution >= 4 is 17.9 Å². The van der Waals surface area contributed by atoms with Crippen molar-refractivity contribution < 1.29 is 28.6 Å². The van der Waals surface area contributed by atoms with E-state index in [0.717, 1.165) is 6.08 Å². The van der Waals surface area contributed by atoms with E-state index in [-0.39, 0.29) is 12.8 Å². The first-order chi connectivity index (χ1) is 10.5. The van der Waals surface area contributed by atoms with E-state index in [9.17, 15) is 19.6 Å². The van der Waals surface area contributed by atoms with Crippen molar-refractivity contribution in [3.05, 3.63) is 24.1 Å². The molecule has 1 saturated heterocycles. The van der Waals surface area contributed by atoms with Gasteiger partial charge in [-0.05, 0) is 6.42 Å². The first-order valence-electron chi connectivity index (χ1n) is 6.46. The van der Waals surface area contributed by atoms with Gasteiger partial charge < -0.3 is 14.2 Å². The topological polar surface area (TPSA) is 107 Å². The molecular formula is C14H12N2O6. The van der Waals surface area contributed by atoms with E-state index >= 15 is 0 Å². The molecule has 8 nitrogen and oxygen atoms in total. The number of hydrogen-bond acceptors (Lipinski definition) is 7. The minimum atomic E-state index is -1.89. The Hall–Kier alpha value is -2.87. The minimum Gasteiger partial charge on any atom is -0.451 e.